The lowest BCUT2D eigenvalue weighted by Gasteiger charge is -2.25. The maximum atomic E-state index is 12.2. The molecule has 1 saturated carbocycles. The molecule has 0 saturated heterocycles. The Morgan fingerprint density at radius 1 is 1.37 bits per heavy atom. The minimum absolute atomic E-state index is 0.0593. The molecule has 27 heavy (non-hydrogen) atoms. The minimum atomic E-state index is -0.137. The number of carbonyl (C=O) groups is 1. The van der Waals surface area contributed by atoms with E-state index in [9.17, 15) is 4.79 Å². The number of hydrogen-bond acceptors (Lipinski definition) is 4. The molecule has 3 atom stereocenters. The number of rotatable bonds is 8. The molecule has 1 aliphatic carbocycles. The number of amides is 1. The lowest BCUT2D eigenvalue weighted by Crippen LogP contribution is -2.33. The minimum Gasteiger partial charge on any atom is -0.497 e. The number of likely N-dealkylation sites (N-methyl/N-ethyl adjacent to an activating group) is 1. The number of ether oxygens (including phenoxy) is 1. The van der Waals surface area contributed by atoms with Crippen molar-refractivity contribution in [1.29, 1.82) is 0 Å². The predicted molar refractivity (Wildman–Crippen MR) is 107 cm³/mol. The highest BCUT2D eigenvalue weighted by atomic mass is 16.5. The van der Waals surface area contributed by atoms with E-state index in [2.05, 4.69) is 17.1 Å². The van der Waals surface area contributed by atoms with Gasteiger partial charge in [-0.25, -0.2) is 0 Å². The summed E-state index contributed by atoms with van der Waals surface area (Å²) in [6, 6.07) is 11.9. The highest BCUT2D eigenvalue weighted by Gasteiger charge is 2.36. The molecule has 1 fully saturated rings. The van der Waals surface area contributed by atoms with Gasteiger partial charge in [-0.05, 0) is 62.3 Å². The SMILES string of the molecule is COc1cccc(C(CNC(=O)/C=C/c2ccc(C3CC3C)o2)N(C)C)c1. The summed E-state index contributed by atoms with van der Waals surface area (Å²) in [7, 11) is 5.64. The molecule has 5 heteroatoms. The van der Waals surface area contributed by atoms with Crippen molar-refractivity contribution in [2.45, 2.75) is 25.3 Å². The van der Waals surface area contributed by atoms with Crippen molar-refractivity contribution in [2.24, 2.45) is 5.92 Å². The van der Waals surface area contributed by atoms with Crippen LogP contribution in [-0.4, -0.2) is 38.6 Å². The monoisotopic (exact) mass is 368 g/mol. The third kappa shape index (κ3) is 5.01. The highest BCUT2D eigenvalue weighted by Crippen LogP contribution is 2.47. The molecule has 1 aliphatic rings. The summed E-state index contributed by atoms with van der Waals surface area (Å²) >= 11 is 0. The van der Waals surface area contributed by atoms with Gasteiger partial charge in [-0.2, -0.15) is 0 Å². The third-order valence-corrected chi connectivity index (χ3v) is 5.09. The average Bonchev–Trinajstić information content (AvgIpc) is 3.20. The van der Waals surface area contributed by atoms with E-state index in [0.29, 0.717) is 18.4 Å². The Kier molecular flexibility index (Phi) is 6.01. The molecule has 1 heterocycles. The first-order valence-corrected chi connectivity index (χ1v) is 9.34. The van der Waals surface area contributed by atoms with Crippen LogP contribution in [0.1, 0.15) is 42.4 Å². The predicted octanol–water partition coefficient (Wildman–Crippen LogP) is 3.84. The number of furan rings is 1. The van der Waals surface area contributed by atoms with Gasteiger partial charge in [-0.15, -0.1) is 0 Å². The number of nitrogens with one attached hydrogen (secondary N) is 1. The number of carbonyl (C=O) groups excluding carboxylic acids is 1. The zero-order valence-corrected chi connectivity index (χ0v) is 16.4. The number of hydrogen-bond donors (Lipinski definition) is 1. The van der Waals surface area contributed by atoms with Gasteiger partial charge in [-0.1, -0.05) is 19.1 Å². The quantitative estimate of drug-likeness (QED) is 0.719. The van der Waals surface area contributed by atoms with Crippen molar-refractivity contribution >= 4 is 12.0 Å². The molecule has 3 unspecified atom stereocenters. The van der Waals surface area contributed by atoms with Crippen molar-refractivity contribution in [1.82, 2.24) is 10.2 Å². The van der Waals surface area contributed by atoms with Crippen LogP contribution < -0.4 is 10.1 Å². The Morgan fingerprint density at radius 3 is 2.81 bits per heavy atom. The van der Waals surface area contributed by atoms with E-state index >= 15 is 0 Å². The van der Waals surface area contributed by atoms with Gasteiger partial charge < -0.3 is 19.4 Å². The largest absolute Gasteiger partial charge is 0.497 e. The first-order chi connectivity index (χ1) is 13.0. The van der Waals surface area contributed by atoms with Crippen molar-refractivity contribution in [3.8, 4) is 5.75 Å². The maximum Gasteiger partial charge on any atom is 0.244 e. The molecule has 2 aromatic rings. The van der Waals surface area contributed by atoms with Crippen LogP contribution in [0.4, 0.5) is 0 Å². The molecule has 1 N–H and O–H groups in total. The second-order valence-corrected chi connectivity index (χ2v) is 7.39. The Morgan fingerprint density at radius 2 is 2.15 bits per heavy atom. The summed E-state index contributed by atoms with van der Waals surface area (Å²) in [5.41, 5.74) is 1.10. The zero-order valence-electron chi connectivity index (χ0n) is 16.4. The Labute approximate surface area is 161 Å². The van der Waals surface area contributed by atoms with Gasteiger partial charge in [0.2, 0.25) is 5.91 Å². The zero-order chi connectivity index (χ0) is 19.4. The van der Waals surface area contributed by atoms with E-state index < -0.39 is 0 Å². The normalized spacial score (nSPS) is 20.0. The Balaban J connectivity index is 1.56. The van der Waals surface area contributed by atoms with Crippen LogP contribution in [0.15, 0.2) is 46.9 Å². The Hall–Kier alpha value is -2.53. The van der Waals surface area contributed by atoms with Crippen molar-refractivity contribution in [3.63, 3.8) is 0 Å². The number of nitrogens with zero attached hydrogens (tertiary/aromatic N) is 1. The number of methoxy groups -OCH3 is 1. The van der Waals surface area contributed by atoms with E-state index in [1.807, 2.05) is 50.5 Å². The van der Waals surface area contributed by atoms with Crippen LogP contribution in [0.3, 0.4) is 0 Å². The molecular weight excluding hydrogens is 340 g/mol. The summed E-state index contributed by atoms with van der Waals surface area (Å²) in [5.74, 6) is 3.66. The second kappa shape index (κ2) is 8.44. The van der Waals surface area contributed by atoms with Crippen LogP contribution in [-0.2, 0) is 4.79 Å². The molecule has 1 aromatic carbocycles. The van der Waals surface area contributed by atoms with Gasteiger partial charge in [0.1, 0.15) is 17.3 Å². The lowest BCUT2D eigenvalue weighted by molar-refractivity contribution is -0.116. The molecule has 0 bridgehead atoms. The van der Waals surface area contributed by atoms with Gasteiger partial charge in [0.25, 0.3) is 0 Å². The lowest BCUT2D eigenvalue weighted by atomic mass is 10.1. The van der Waals surface area contributed by atoms with Crippen molar-refractivity contribution in [2.75, 3.05) is 27.7 Å². The van der Waals surface area contributed by atoms with Crippen LogP contribution in [0.2, 0.25) is 0 Å². The molecule has 1 aromatic heterocycles. The fraction of sp³-hybridized carbons (Fsp3) is 0.409. The van der Waals surface area contributed by atoms with Gasteiger partial charge in [0.15, 0.2) is 0 Å². The highest BCUT2D eigenvalue weighted by molar-refractivity contribution is 5.91. The first kappa shape index (κ1) is 19.2. The molecule has 3 rings (SSSR count). The molecular formula is C22H28N2O3. The fourth-order valence-corrected chi connectivity index (χ4v) is 3.24. The van der Waals surface area contributed by atoms with E-state index in [0.717, 1.165) is 22.8 Å². The van der Waals surface area contributed by atoms with E-state index in [1.165, 1.54) is 12.5 Å². The molecule has 0 spiro atoms. The van der Waals surface area contributed by atoms with Crippen LogP contribution in [0, 0.1) is 5.92 Å². The smallest absolute Gasteiger partial charge is 0.244 e. The van der Waals surface area contributed by atoms with Gasteiger partial charge >= 0.3 is 0 Å². The van der Waals surface area contributed by atoms with Crippen LogP contribution >= 0.6 is 0 Å². The topological polar surface area (TPSA) is 54.7 Å². The van der Waals surface area contributed by atoms with Gasteiger partial charge in [-0.3, -0.25) is 4.79 Å². The fourth-order valence-electron chi connectivity index (χ4n) is 3.24. The Bertz CT molecular complexity index is 809. The summed E-state index contributed by atoms with van der Waals surface area (Å²) in [5, 5.41) is 2.97. The molecule has 144 valence electrons. The summed E-state index contributed by atoms with van der Waals surface area (Å²) in [6.45, 7) is 2.73. The summed E-state index contributed by atoms with van der Waals surface area (Å²) < 4.78 is 11.1. The molecule has 0 radical (unpaired) electrons. The standard InChI is InChI=1S/C22H28N2O3/c1-15-12-19(15)21-10-8-17(27-21)9-11-22(25)23-14-20(24(2)3)16-6-5-7-18(13-16)26-4/h5-11,13,15,19-20H,12,14H2,1-4H3,(H,23,25)/b11-9+. The van der Waals surface area contributed by atoms with E-state index in [4.69, 9.17) is 9.15 Å². The van der Waals surface area contributed by atoms with Crippen LogP contribution in [0.25, 0.3) is 6.08 Å². The van der Waals surface area contributed by atoms with Crippen molar-refractivity contribution in [3.05, 3.63) is 59.6 Å². The molecule has 1 amide bonds. The first-order valence-electron chi connectivity index (χ1n) is 9.34. The summed E-state index contributed by atoms with van der Waals surface area (Å²) in [6.07, 6.45) is 4.44. The molecule has 0 aliphatic heterocycles. The van der Waals surface area contributed by atoms with Gasteiger partial charge in [0, 0.05) is 18.5 Å². The molecule has 5 nitrogen and oxygen atoms in total. The number of benzene rings is 1. The van der Waals surface area contributed by atoms with E-state index in [1.54, 1.807) is 13.2 Å². The van der Waals surface area contributed by atoms with Gasteiger partial charge in [0.05, 0.1) is 13.2 Å². The third-order valence-electron chi connectivity index (χ3n) is 5.09. The van der Waals surface area contributed by atoms with Crippen molar-refractivity contribution < 1.29 is 13.9 Å². The average molecular weight is 368 g/mol. The second-order valence-electron chi connectivity index (χ2n) is 7.39. The van der Waals surface area contributed by atoms with E-state index in [-0.39, 0.29) is 11.9 Å². The van der Waals surface area contributed by atoms with Crippen LogP contribution in [0.5, 0.6) is 5.75 Å². The maximum absolute atomic E-state index is 12.2. The summed E-state index contributed by atoms with van der Waals surface area (Å²) in [4.78, 5) is 14.3.